The molecule has 1 amide bonds. The van der Waals surface area contributed by atoms with Crippen molar-refractivity contribution in [1.29, 1.82) is 0 Å². The number of rotatable bonds is 5. The van der Waals surface area contributed by atoms with Gasteiger partial charge in [0, 0.05) is 25.3 Å². The molecule has 2 aromatic heterocycles. The van der Waals surface area contributed by atoms with Crippen LogP contribution in [0.3, 0.4) is 0 Å². The lowest BCUT2D eigenvalue weighted by molar-refractivity contribution is 0.0950. The minimum atomic E-state index is -0.175. The zero-order valence-electron chi connectivity index (χ0n) is 15.2. The fourth-order valence-corrected chi connectivity index (χ4v) is 3.33. The van der Waals surface area contributed by atoms with Crippen molar-refractivity contribution in [3.05, 3.63) is 53.0 Å². The number of carbonyl (C=O) groups is 1. The first-order chi connectivity index (χ1) is 13.2. The Hall–Kier alpha value is -3.13. The minimum absolute atomic E-state index is 0.127. The number of hydrogen-bond donors (Lipinski definition) is 3. The van der Waals surface area contributed by atoms with Crippen molar-refractivity contribution in [1.82, 2.24) is 25.5 Å². The van der Waals surface area contributed by atoms with Crippen molar-refractivity contribution in [2.75, 3.05) is 20.8 Å². The van der Waals surface area contributed by atoms with Crippen LogP contribution in [0, 0.1) is 0 Å². The summed E-state index contributed by atoms with van der Waals surface area (Å²) < 4.78 is 10.4. The molecule has 3 N–H and O–H groups in total. The van der Waals surface area contributed by atoms with Gasteiger partial charge in [0.05, 0.1) is 19.4 Å². The normalized spacial score (nSPS) is 16.5. The van der Waals surface area contributed by atoms with Gasteiger partial charge >= 0.3 is 0 Å². The number of aromatic nitrogens is 4. The first-order valence-corrected chi connectivity index (χ1v) is 8.72. The second-order valence-corrected chi connectivity index (χ2v) is 6.51. The van der Waals surface area contributed by atoms with E-state index in [2.05, 4.69) is 25.5 Å². The molecule has 0 fully saturated rings. The van der Waals surface area contributed by atoms with Crippen molar-refractivity contribution in [2.45, 2.75) is 18.9 Å². The van der Waals surface area contributed by atoms with Crippen LogP contribution in [0.5, 0.6) is 5.75 Å². The van der Waals surface area contributed by atoms with E-state index in [0.717, 1.165) is 22.7 Å². The molecule has 0 aliphatic carbocycles. The number of benzene rings is 1. The standard InChI is InChI=1S/C19H21N5O3/c1-26-10-13-8-16(24-23-13)18-21-15-7-12(9-20-19(25)17(15)22-18)11-4-3-5-14(6-11)27-2/h3-6,8,12H,7,9-10H2,1-2H3,(H,20,25)(H,21,22)(H,23,24)/t12-/m1/s1. The second-order valence-electron chi connectivity index (χ2n) is 6.51. The van der Waals surface area contributed by atoms with Crippen LogP contribution in [-0.4, -0.2) is 46.8 Å². The lowest BCUT2D eigenvalue weighted by atomic mass is 9.94. The highest BCUT2D eigenvalue weighted by atomic mass is 16.5. The van der Waals surface area contributed by atoms with Crippen LogP contribution in [0.1, 0.15) is 33.4 Å². The molecule has 0 saturated heterocycles. The SMILES string of the molecule is COCc1cc(-c2nc3c([nH]2)C[C@@H](c2cccc(OC)c2)CNC3=O)n[nH]1. The van der Waals surface area contributed by atoms with Crippen LogP contribution in [-0.2, 0) is 17.8 Å². The van der Waals surface area contributed by atoms with Crippen LogP contribution < -0.4 is 10.1 Å². The number of hydrogen-bond acceptors (Lipinski definition) is 5. The van der Waals surface area contributed by atoms with Gasteiger partial charge in [-0.1, -0.05) is 12.1 Å². The van der Waals surface area contributed by atoms with Crippen LogP contribution in [0.25, 0.3) is 11.5 Å². The monoisotopic (exact) mass is 367 g/mol. The van der Waals surface area contributed by atoms with Crippen molar-refractivity contribution >= 4 is 5.91 Å². The number of aromatic amines is 2. The maximum absolute atomic E-state index is 12.5. The number of imidazole rings is 1. The zero-order chi connectivity index (χ0) is 18.8. The molecule has 8 nitrogen and oxygen atoms in total. The number of amides is 1. The van der Waals surface area contributed by atoms with Gasteiger partial charge in [-0.2, -0.15) is 5.10 Å². The number of nitrogens with zero attached hydrogens (tertiary/aromatic N) is 2. The van der Waals surface area contributed by atoms with Gasteiger partial charge in [0.1, 0.15) is 17.1 Å². The number of ether oxygens (including phenoxy) is 2. The van der Waals surface area contributed by atoms with E-state index in [1.165, 1.54) is 0 Å². The van der Waals surface area contributed by atoms with Gasteiger partial charge in [-0.25, -0.2) is 4.98 Å². The highest BCUT2D eigenvalue weighted by Crippen LogP contribution is 2.28. The molecular weight excluding hydrogens is 346 g/mol. The first kappa shape index (κ1) is 17.3. The van der Waals surface area contributed by atoms with Gasteiger partial charge in [0.15, 0.2) is 5.82 Å². The second kappa shape index (κ2) is 7.24. The van der Waals surface area contributed by atoms with E-state index in [1.54, 1.807) is 14.2 Å². The third-order valence-electron chi connectivity index (χ3n) is 4.69. The maximum Gasteiger partial charge on any atom is 0.271 e. The Balaban J connectivity index is 1.64. The van der Waals surface area contributed by atoms with Gasteiger partial charge in [0.25, 0.3) is 5.91 Å². The van der Waals surface area contributed by atoms with E-state index >= 15 is 0 Å². The summed E-state index contributed by atoms with van der Waals surface area (Å²) >= 11 is 0. The number of fused-ring (bicyclic) bond motifs is 1. The summed E-state index contributed by atoms with van der Waals surface area (Å²) in [4.78, 5) is 20.3. The van der Waals surface area contributed by atoms with Gasteiger partial charge < -0.3 is 19.8 Å². The first-order valence-electron chi connectivity index (χ1n) is 8.72. The maximum atomic E-state index is 12.5. The quantitative estimate of drug-likeness (QED) is 0.640. The lowest BCUT2D eigenvalue weighted by Gasteiger charge is -2.15. The molecule has 140 valence electrons. The molecule has 0 bridgehead atoms. The number of methoxy groups -OCH3 is 2. The molecule has 0 spiro atoms. The summed E-state index contributed by atoms with van der Waals surface area (Å²) in [6.45, 7) is 0.984. The average Bonchev–Trinajstić information content (AvgIpc) is 3.29. The number of nitrogens with one attached hydrogen (secondary N) is 3. The van der Waals surface area contributed by atoms with Crippen molar-refractivity contribution in [2.24, 2.45) is 0 Å². The predicted octanol–water partition coefficient (Wildman–Crippen LogP) is 2.02. The van der Waals surface area contributed by atoms with Crippen LogP contribution in [0.15, 0.2) is 30.3 Å². The summed E-state index contributed by atoms with van der Waals surface area (Å²) in [6.07, 6.45) is 0.670. The molecule has 3 heterocycles. The third-order valence-corrected chi connectivity index (χ3v) is 4.69. The summed E-state index contributed by atoms with van der Waals surface area (Å²) in [5.41, 5.74) is 3.84. The van der Waals surface area contributed by atoms with E-state index in [0.29, 0.717) is 36.8 Å². The molecular formula is C19H21N5O3. The molecule has 0 radical (unpaired) electrons. The Morgan fingerprint density at radius 3 is 2.96 bits per heavy atom. The van der Waals surface area contributed by atoms with E-state index < -0.39 is 0 Å². The zero-order valence-corrected chi connectivity index (χ0v) is 15.2. The van der Waals surface area contributed by atoms with Gasteiger partial charge in [0.2, 0.25) is 0 Å². The Morgan fingerprint density at radius 2 is 2.15 bits per heavy atom. The molecule has 27 heavy (non-hydrogen) atoms. The molecule has 0 saturated carbocycles. The Kier molecular flexibility index (Phi) is 4.64. The average molecular weight is 367 g/mol. The highest BCUT2D eigenvalue weighted by Gasteiger charge is 2.27. The molecule has 1 aliphatic heterocycles. The van der Waals surface area contributed by atoms with Gasteiger partial charge in [-0.3, -0.25) is 9.89 Å². The smallest absolute Gasteiger partial charge is 0.271 e. The minimum Gasteiger partial charge on any atom is -0.497 e. The van der Waals surface area contributed by atoms with E-state index in [1.807, 2.05) is 30.3 Å². The molecule has 4 rings (SSSR count). The topological polar surface area (TPSA) is 105 Å². The Labute approximate surface area is 156 Å². The molecule has 8 heteroatoms. The van der Waals surface area contributed by atoms with Crippen LogP contribution in [0.4, 0.5) is 0 Å². The van der Waals surface area contributed by atoms with E-state index in [4.69, 9.17) is 9.47 Å². The third kappa shape index (κ3) is 3.43. The van der Waals surface area contributed by atoms with Gasteiger partial charge in [-0.05, 0) is 30.2 Å². The molecule has 1 aromatic carbocycles. The van der Waals surface area contributed by atoms with Crippen LogP contribution in [0.2, 0.25) is 0 Å². The van der Waals surface area contributed by atoms with Crippen LogP contribution >= 0.6 is 0 Å². The molecule has 1 atom stereocenters. The number of carbonyl (C=O) groups excluding carboxylic acids is 1. The molecule has 0 unspecified atom stereocenters. The largest absolute Gasteiger partial charge is 0.497 e. The molecule has 3 aromatic rings. The summed E-state index contributed by atoms with van der Waals surface area (Å²) in [6, 6.07) is 9.78. The van der Waals surface area contributed by atoms with E-state index in [9.17, 15) is 4.79 Å². The summed E-state index contributed by atoms with van der Waals surface area (Å²) in [7, 11) is 3.27. The lowest BCUT2D eigenvalue weighted by Crippen LogP contribution is -2.26. The Bertz CT molecular complexity index is 962. The number of H-pyrrole nitrogens is 2. The van der Waals surface area contributed by atoms with Crippen molar-refractivity contribution in [3.63, 3.8) is 0 Å². The van der Waals surface area contributed by atoms with Crippen molar-refractivity contribution in [3.8, 4) is 17.3 Å². The fourth-order valence-electron chi connectivity index (χ4n) is 3.33. The Morgan fingerprint density at radius 1 is 1.26 bits per heavy atom. The van der Waals surface area contributed by atoms with E-state index in [-0.39, 0.29) is 11.8 Å². The van der Waals surface area contributed by atoms with Gasteiger partial charge in [-0.15, -0.1) is 0 Å². The fraction of sp³-hybridized carbons (Fsp3) is 0.316. The predicted molar refractivity (Wildman–Crippen MR) is 98.7 cm³/mol. The summed E-state index contributed by atoms with van der Waals surface area (Å²) in [5, 5.41) is 10.1. The molecule has 1 aliphatic rings. The summed E-state index contributed by atoms with van der Waals surface area (Å²) in [5.74, 6) is 1.32. The van der Waals surface area contributed by atoms with Crippen molar-refractivity contribution < 1.29 is 14.3 Å². The highest BCUT2D eigenvalue weighted by molar-refractivity contribution is 5.94.